The van der Waals surface area contributed by atoms with Crippen LogP contribution in [0.5, 0.6) is 0 Å². The lowest BCUT2D eigenvalue weighted by Gasteiger charge is -1.97. The smallest absolute Gasteiger partial charge is 0.297 e. The van der Waals surface area contributed by atoms with E-state index in [4.69, 9.17) is 0 Å². The summed E-state index contributed by atoms with van der Waals surface area (Å²) in [5.41, 5.74) is 1.04. The Kier molecular flexibility index (Phi) is 8.97. The lowest BCUT2D eigenvalue weighted by molar-refractivity contribution is -0.137. The highest BCUT2D eigenvalue weighted by atomic mass is 16.5. The van der Waals surface area contributed by atoms with Gasteiger partial charge in [-0.05, 0) is 0 Å². The van der Waals surface area contributed by atoms with Crippen LogP contribution < -0.4 is 5.46 Å². The molecule has 1 radical (unpaired) electrons. The number of hydrogen-bond donors (Lipinski definition) is 0. The molecule has 0 unspecified atom stereocenters. The summed E-state index contributed by atoms with van der Waals surface area (Å²) in [6.45, 7) is 0. The van der Waals surface area contributed by atoms with E-state index >= 15 is 0 Å². The van der Waals surface area contributed by atoms with Crippen LogP contribution in [0.3, 0.4) is 0 Å². The summed E-state index contributed by atoms with van der Waals surface area (Å²) in [6, 6.07) is 9.70. The normalized spacial score (nSPS) is 7.79. The van der Waals surface area contributed by atoms with Gasteiger partial charge in [0.2, 0.25) is 0 Å². The lowest BCUT2D eigenvalue weighted by atomic mass is 9.67. The molecule has 14 heavy (non-hydrogen) atoms. The zero-order chi connectivity index (χ0) is 8.81. The summed E-state index contributed by atoms with van der Waals surface area (Å²) in [5, 5.41) is 0. The molecule has 4 N–H and O–H groups in total. The molecule has 0 spiro atoms. The third-order valence-electron chi connectivity index (χ3n) is 1.53. The fraction of sp³-hybridized carbons (Fsp3) is 0.222. The molecule has 1 aromatic carbocycles. The Balaban J connectivity index is 0. The van der Waals surface area contributed by atoms with Crippen LogP contribution >= 0.6 is 0 Å². The first-order valence-corrected chi connectivity index (χ1v) is 3.78. The van der Waals surface area contributed by atoms with Gasteiger partial charge >= 0.3 is 0 Å². The monoisotopic (exact) mass is 197 g/mol. The van der Waals surface area contributed by atoms with Crippen molar-refractivity contribution in [2.45, 2.75) is 6.32 Å². The average Bonchev–Trinajstić information content (AvgIpc) is 2.16. The van der Waals surface area contributed by atoms with E-state index in [0.717, 1.165) is 5.46 Å². The SMILES string of the molecule is COC(=O)C[B]c1ccccc1.O.O. The van der Waals surface area contributed by atoms with Crippen molar-refractivity contribution >= 4 is 18.7 Å². The highest BCUT2D eigenvalue weighted by Gasteiger charge is 2.01. The van der Waals surface area contributed by atoms with Gasteiger partial charge < -0.3 is 15.7 Å². The Labute approximate surface area is 83.8 Å². The molecule has 0 saturated heterocycles. The maximum atomic E-state index is 10.7. The van der Waals surface area contributed by atoms with Crippen molar-refractivity contribution in [3.05, 3.63) is 30.3 Å². The predicted molar refractivity (Wildman–Crippen MR) is 55.9 cm³/mol. The lowest BCUT2D eigenvalue weighted by Crippen LogP contribution is -2.17. The Bertz CT molecular complexity index is 250. The molecule has 0 aliphatic heterocycles. The molecule has 0 atom stereocenters. The fourth-order valence-corrected chi connectivity index (χ4v) is 0.874. The summed E-state index contributed by atoms with van der Waals surface area (Å²) in [6.07, 6.45) is 0.334. The Morgan fingerprint density at radius 1 is 1.29 bits per heavy atom. The van der Waals surface area contributed by atoms with Gasteiger partial charge in [-0.1, -0.05) is 35.8 Å². The highest BCUT2D eigenvalue weighted by Crippen LogP contribution is 1.86. The Hall–Kier alpha value is -1.33. The first-order chi connectivity index (χ1) is 5.83. The molecule has 0 bridgehead atoms. The van der Waals surface area contributed by atoms with Crippen molar-refractivity contribution in [2.75, 3.05) is 7.11 Å². The molecular formula is C9H14BO4. The second-order valence-corrected chi connectivity index (χ2v) is 2.40. The number of esters is 1. The van der Waals surface area contributed by atoms with Crippen molar-refractivity contribution in [1.82, 2.24) is 0 Å². The van der Waals surface area contributed by atoms with Gasteiger partial charge in [-0.2, -0.15) is 0 Å². The molecule has 0 aliphatic rings. The molecule has 0 heterocycles. The van der Waals surface area contributed by atoms with Crippen LogP contribution in [0.2, 0.25) is 6.32 Å². The topological polar surface area (TPSA) is 89.3 Å². The van der Waals surface area contributed by atoms with E-state index in [0.29, 0.717) is 6.32 Å². The molecule has 1 aromatic rings. The fourth-order valence-electron chi connectivity index (χ4n) is 0.874. The first-order valence-electron chi connectivity index (χ1n) is 3.78. The van der Waals surface area contributed by atoms with E-state index < -0.39 is 0 Å². The molecule has 0 aliphatic carbocycles. The van der Waals surface area contributed by atoms with Crippen LogP contribution in [0.1, 0.15) is 0 Å². The second kappa shape index (κ2) is 8.28. The van der Waals surface area contributed by atoms with Gasteiger partial charge in [0, 0.05) is 6.32 Å². The molecule has 5 heteroatoms. The maximum absolute atomic E-state index is 10.7. The van der Waals surface area contributed by atoms with Crippen molar-refractivity contribution in [3.8, 4) is 0 Å². The number of hydrogen-bond acceptors (Lipinski definition) is 2. The number of benzene rings is 1. The number of carbonyl (C=O) groups is 1. The molecule has 0 amide bonds. The quantitative estimate of drug-likeness (QED) is 0.457. The largest absolute Gasteiger partial charge is 0.470 e. The Morgan fingerprint density at radius 2 is 1.86 bits per heavy atom. The molecule has 77 valence electrons. The van der Waals surface area contributed by atoms with Gasteiger partial charge in [0.15, 0.2) is 7.28 Å². The molecule has 0 aromatic heterocycles. The van der Waals surface area contributed by atoms with Crippen molar-refractivity contribution in [1.29, 1.82) is 0 Å². The molecule has 4 nitrogen and oxygen atoms in total. The zero-order valence-corrected chi connectivity index (χ0v) is 7.99. The first kappa shape index (κ1) is 15.2. The Morgan fingerprint density at radius 3 is 2.36 bits per heavy atom. The van der Waals surface area contributed by atoms with E-state index in [2.05, 4.69) is 4.74 Å². The minimum absolute atomic E-state index is 0. The molecular weight excluding hydrogens is 183 g/mol. The summed E-state index contributed by atoms with van der Waals surface area (Å²) in [7, 11) is 3.23. The molecule has 0 saturated carbocycles. The van der Waals surface area contributed by atoms with Crippen LogP contribution in [-0.4, -0.2) is 31.3 Å². The van der Waals surface area contributed by atoms with Gasteiger partial charge in [-0.3, -0.25) is 4.79 Å². The number of rotatable bonds is 3. The summed E-state index contributed by atoms with van der Waals surface area (Å²) in [5.74, 6) is -0.209. The third-order valence-corrected chi connectivity index (χ3v) is 1.53. The average molecular weight is 197 g/mol. The minimum Gasteiger partial charge on any atom is -0.470 e. The van der Waals surface area contributed by atoms with Gasteiger partial charge in [0.1, 0.15) is 0 Å². The van der Waals surface area contributed by atoms with Crippen LogP contribution in [0.25, 0.3) is 0 Å². The van der Waals surface area contributed by atoms with Crippen LogP contribution in [0.4, 0.5) is 0 Å². The zero-order valence-electron chi connectivity index (χ0n) is 7.99. The summed E-state index contributed by atoms with van der Waals surface area (Å²) < 4.78 is 4.50. The maximum Gasteiger partial charge on any atom is 0.297 e. The second-order valence-electron chi connectivity index (χ2n) is 2.40. The summed E-state index contributed by atoms with van der Waals surface area (Å²) >= 11 is 0. The third kappa shape index (κ3) is 5.34. The minimum atomic E-state index is -0.209. The van der Waals surface area contributed by atoms with Crippen molar-refractivity contribution in [2.24, 2.45) is 0 Å². The predicted octanol–water partition coefficient (Wildman–Crippen LogP) is -1.04. The number of methoxy groups -OCH3 is 1. The van der Waals surface area contributed by atoms with Gasteiger partial charge in [0.05, 0.1) is 7.11 Å². The summed E-state index contributed by atoms with van der Waals surface area (Å²) in [4.78, 5) is 10.7. The van der Waals surface area contributed by atoms with E-state index in [1.807, 2.05) is 37.6 Å². The standard InChI is InChI=1S/C9H10BO2.2H2O/c1-12-9(11)7-10-8-5-3-2-4-6-8;;/h2-6H,7H2,1H3;2*1H2. The van der Waals surface area contributed by atoms with E-state index in [1.54, 1.807) is 0 Å². The number of carbonyl (C=O) groups excluding carboxylic acids is 1. The number of ether oxygens (including phenoxy) is 1. The van der Waals surface area contributed by atoms with Gasteiger partial charge in [0.25, 0.3) is 5.97 Å². The van der Waals surface area contributed by atoms with Crippen LogP contribution in [0.15, 0.2) is 30.3 Å². The van der Waals surface area contributed by atoms with Crippen molar-refractivity contribution in [3.63, 3.8) is 0 Å². The van der Waals surface area contributed by atoms with E-state index in [1.165, 1.54) is 7.11 Å². The van der Waals surface area contributed by atoms with Crippen LogP contribution in [0, 0.1) is 0 Å². The molecule has 0 fully saturated rings. The highest BCUT2D eigenvalue weighted by molar-refractivity contribution is 6.56. The van der Waals surface area contributed by atoms with E-state index in [-0.39, 0.29) is 16.9 Å². The van der Waals surface area contributed by atoms with Gasteiger partial charge in [-0.25, -0.2) is 0 Å². The van der Waals surface area contributed by atoms with Crippen molar-refractivity contribution < 1.29 is 20.5 Å². The molecule has 1 rings (SSSR count). The van der Waals surface area contributed by atoms with Crippen LogP contribution in [-0.2, 0) is 9.53 Å². The van der Waals surface area contributed by atoms with Gasteiger partial charge in [-0.15, -0.1) is 0 Å². The van der Waals surface area contributed by atoms with E-state index in [9.17, 15) is 4.79 Å².